The van der Waals surface area contributed by atoms with E-state index in [9.17, 15) is 4.79 Å². The van der Waals surface area contributed by atoms with Crippen molar-refractivity contribution in [2.75, 3.05) is 20.2 Å². The Morgan fingerprint density at radius 2 is 2.07 bits per heavy atom. The fourth-order valence-corrected chi connectivity index (χ4v) is 3.68. The number of benzene rings is 1. The lowest BCUT2D eigenvalue weighted by Gasteiger charge is -2.21. The predicted octanol–water partition coefficient (Wildman–Crippen LogP) is 2.43. The molecule has 1 aromatic carbocycles. The number of nitrogens with one attached hydrogen (secondary N) is 1. The number of furan rings is 1. The summed E-state index contributed by atoms with van der Waals surface area (Å²) in [5, 5.41) is 11.6. The van der Waals surface area contributed by atoms with E-state index in [0.717, 1.165) is 50.0 Å². The quantitative estimate of drug-likeness (QED) is 0.690. The molecule has 1 aliphatic heterocycles. The number of hydrogen-bond donors (Lipinski definition) is 1. The summed E-state index contributed by atoms with van der Waals surface area (Å²) in [7, 11) is 1.70. The highest BCUT2D eigenvalue weighted by Gasteiger charge is 2.24. The maximum Gasteiger partial charge on any atom is 0.287 e. The summed E-state index contributed by atoms with van der Waals surface area (Å²) in [6, 6.07) is 11.2. The van der Waals surface area contributed by atoms with Crippen LogP contribution in [0, 0.1) is 0 Å². The number of nitrogens with zero attached hydrogens (tertiary/aromatic N) is 4. The fraction of sp³-hybridized carbons (Fsp3) is 0.381. The van der Waals surface area contributed by atoms with Crippen molar-refractivity contribution >= 4 is 5.91 Å². The molecule has 0 saturated heterocycles. The van der Waals surface area contributed by atoms with Gasteiger partial charge in [-0.05, 0) is 25.1 Å². The molecular formula is C21H25N5O3. The zero-order valence-electron chi connectivity index (χ0n) is 16.7. The fourth-order valence-electron chi connectivity index (χ4n) is 3.68. The van der Waals surface area contributed by atoms with Gasteiger partial charge in [-0.15, -0.1) is 10.2 Å². The van der Waals surface area contributed by atoms with E-state index in [1.54, 1.807) is 19.2 Å². The summed E-state index contributed by atoms with van der Waals surface area (Å²) in [6.45, 7) is 5.27. The van der Waals surface area contributed by atoms with E-state index in [-0.39, 0.29) is 17.7 Å². The zero-order valence-corrected chi connectivity index (χ0v) is 16.7. The lowest BCUT2D eigenvalue weighted by Crippen LogP contribution is -2.30. The van der Waals surface area contributed by atoms with Crippen molar-refractivity contribution in [2.45, 2.75) is 32.5 Å². The third kappa shape index (κ3) is 4.17. The highest BCUT2D eigenvalue weighted by Crippen LogP contribution is 2.21. The van der Waals surface area contributed by atoms with E-state index in [1.807, 2.05) is 25.1 Å². The lowest BCUT2D eigenvalue weighted by molar-refractivity contribution is 0.0909. The standard InChI is InChI=1S/C21H25N5O3/c1-15(22-21(27)18-8-5-13-29-18)20-24-23-19-9-10-25(11-12-26(19)20)14-16-6-3-4-7-17(16)28-2/h3-8,13,15H,9-12,14H2,1-2H3,(H,22,27). The largest absolute Gasteiger partial charge is 0.496 e. The predicted molar refractivity (Wildman–Crippen MR) is 107 cm³/mol. The SMILES string of the molecule is COc1ccccc1CN1CCc2nnc(C(C)NC(=O)c3ccco3)n2CC1. The molecule has 1 aliphatic rings. The van der Waals surface area contributed by atoms with E-state index in [0.29, 0.717) is 0 Å². The van der Waals surface area contributed by atoms with Crippen LogP contribution in [-0.4, -0.2) is 45.8 Å². The second-order valence-electron chi connectivity index (χ2n) is 7.14. The first kappa shape index (κ1) is 19.2. The van der Waals surface area contributed by atoms with Crippen LogP contribution in [0.25, 0.3) is 0 Å². The molecule has 0 spiro atoms. The Labute approximate surface area is 169 Å². The molecule has 29 heavy (non-hydrogen) atoms. The summed E-state index contributed by atoms with van der Waals surface area (Å²) in [5.74, 6) is 2.65. The monoisotopic (exact) mass is 395 g/mol. The molecule has 152 valence electrons. The maximum absolute atomic E-state index is 12.3. The van der Waals surface area contributed by atoms with Crippen molar-refractivity contribution in [3.8, 4) is 5.75 Å². The Morgan fingerprint density at radius 3 is 2.86 bits per heavy atom. The number of para-hydroxylation sites is 1. The van der Waals surface area contributed by atoms with Crippen LogP contribution in [0.1, 0.15) is 40.7 Å². The van der Waals surface area contributed by atoms with Crippen molar-refractivity contribution in [3.63, 3.8) is 0 Å². The smallest absolute Gasteiger partial charge is 0.287 e. The molecule has 3 aromatic rings. The van der Waals surface area contributed by atoms with Gasteiger partial charge in [0.2, 0.25) is 0 Å². The molecule has 4 rings (SSSR count). The van der Waals surface area contributed by atoms with Crippen LogP contribution in [0.2, 0.25) is 0 Å². The maximum atomic E-state index is 12.3. The van der Waals surface area contributed by atoms with E-state index < -0.39 is 0 Å². The first-order valence-corrected chi connectivity index (χ1v) is 9.76. The molecule has 0 fully saturated rings. The molecule has 1 atom stereocenters. The highest BCUT2D eigenvalue weighted by atomic mass is 16.5. The minimum absolute atomic E-state index is 0.258. The average molecular weight is 395 g/mol. The zero-order chi connectivity index (χ0) is 20.2. The van der Waals surface area contributed by atoms with Crippen LogP contribution in [0.15, 0.2) is 47.1 Å². The Bertz CT molecular complexity index is 967. The van der Waals surface area contributed by atoms with Crippen molar-refractivity contribution in [1.82, 2.24) is 25.0 Å². The molecule has 0 saturated carbocycles. The third-order valence-corrected chi connectivity index (χ3v) is 5.21. The number of amides is 1. The molecule has 3 heterocycles. The van der Waals surface area contributed by atoms with Crippen LogP contribution in [0.5, 0.6) is 5.75 Å². The minimum Gasteiger partial charge on any atom is -0.496 e. The van der Waals surface area contributed by atoms with Gasteiger partial charge in [-0.2, -0.15) is 0 Å². The Hall–Kier alpha value is -3.13. The van der Waals surface area contributed by atoms with E-state index >= 15 is 0 Å². The Kier molecular flexibility index (Phi) is 5.62. The number of ether oxygens (including phenoxy) is 1. The van der Waals surface area contributed by atoms with Gasteiger partial charge in [0.1, 0.15) is 11.6 Å². The molecule has 1 unspecified atom stereocenters. The Morgan fingerprint density at radius 1 is 1.21 bits per heavy atom. The first-order chi connectivity index (χ1) is 14.2. The molecule has 0 radical (unpaired) electrons. The molecule has 1 amide bonds. The van der Waals surface area contributed by atoms with Gasteiger partial charge in [-0.3, -0.25) is 9.69 Å². The van der Waals surface area contributed by atoms with Crippen LogP contribution in [0.3, 0.4) is 0 Å². The second kappa shape index (κ2) is 8.48. The van der Waals surface area contributed by atoms with Gasteiger partial charge in [-0.1, -0.05) is 18.2 Å². The highest BCUT2D eigenvalue weighted by molar-refractivity contribution is 5.91. The van der Waals surface area contributed by atoms with Crippen molar-refractivity contribution < 1.29 is 13.9 Å². The number of carbonyl (C=O) groups excluding carboxylic acids is 1. The van der Waals surface area contributed by atoms with Crippen LogP contribution >= 0.6 is 0 Å². The van der Waals surface area contributed by atoms with Gasteiger partial charge in [0.25, 0.3) is 5.91 Å². The van der Waals surface area contributed by atoms with Crippen LogP contribution in [-0.2, 0) is 19.5 Å². The second-order valence-corrected chi connectivity index (χ2v) is 7.14. The van der Waals surface area contributed by atoms with E-state index in [2.05, 4.69) is 31.0 Å². The first-order valence-electron chi connectivity index (χ1n) is 9.76. The summed E-state index contributed by atoms with van der Waals surface area (Å²) < 4.78 is 12.8. The lowest BCUT2D eigenvalue weighted by atomic mass is 10.2. The van der Waals surface area contributed by atoms with Gasteiger partial charge in [0, 0.05) is 38.2 Å². The molecule has 1 N–H and O–H groups in total. The third-order valence-electron chi connectivity index (χ3n) is 5.21. The van der Waals surface area contributed by atoms with E-state index in [1.165, 1.54) is 11.8 Å². The number of fused-ring (bicyclic) bond motifs is 1. The molecule has 0 bridgehead atoms. The van der Waals surface area contributed by atoms with Gasteiger partial charge >= 0.3 is 0 Å². The number of methoxy groups -OCH3 is 1. The minimum atomic E-state index is -0.269. The molecule has 8 heteroatoms. The van der Waals surface area contributed by atoms with Crippen LogP contribution in [0.4, 0.5) is 0 Å². The van der Waals surface area contributed by atoms with Gasteiger partial charge in [0.05, 0.1) is 19.4 Å². The van der Waals surface area contributed by atoms with Gasteiger partial charge < -0.3 is 19.0 Å². The average Bonchev–Trinajstić information content (AvgIpc) is 3.37. The van der Waals surface area contributed by atoms with E-state index in [4.69, 9.17) is 9.15 Å². The van der Waals surface area contributed by atoms with Crippen molar-refractivity contribution in [3.05, 3.63) is 65.6 Å². The summed E-state index contributed by atoms with van der Waals surface area (Å²) >= 11 is 0. The van der Waals surface area contributed by atoms with Gasteiger partial charge in [0.15, 0.2) is 11.6 Å². The summed E-state index contributed by atoms with van der Waals surface area (Å²) in [6.07, 6.45) is 2.29. The number of carbonyl (C=O) groups is 1. The topological polar surface area (TPSA) is 85.4 Å². The van der Waals surface area contributed by atoms with Crippen LogP contribution < -0.4 is 10.1 Å². The molecule has 0 aliphatic carbocycles. The number of hydrogen-bond acceptors (Lipinski definition) is 6. The Balaban J connectivity index is 1.43. The molecule has 8 nitrogen and oxygen atoms in total. The van der Waals surface area contributed by atoms with Gasteiger partial charge in [-0.25, -0.2) is 0 Å². The summed E-state index contributed by atoms with van der Waals surface area (Å²) in [4.78, 5) is 14.7. The number of aromatic nitrogens is 3. The summed E-state index contributed by atoms with van der Waals surface area (Å²) in [5.41, 5.74) is 1.17. The number of rotatable bonds is 6. The molecule has 2 aromatic heterocycles. The normalized spacial score (nSPS) is 15.4. The van der Waals surface area contributed by atoms with Crippen molar-refractivity contribution in [2.24, 2.45) is 0 Å². The van der Waals surface area contributed by atoms with Crippen molar-refractivity contribution in [1.29, 1.82) is 0 Å². The molecular weight excluding hydrogens is 370 g/mol.